The Morgan fingerprint density at radius 1 is 1.24 bits per heavy atom. The second-order valence-corrected chi connectivity index (χ2v) is 8.38. The van der Waals surface area contributed by atoms with Crippen molar-refractivity contribution in [2.24, 2.45) is 5.92 Å². The van der Waals surface area contributed by atoms with Crippen LogP contribution >= 0.6 is 47.0 Å². The number of hydrogen-bond donors (Lipinski definition) is 3. The third-order valence-corrected chi connectivity index (χ3v) is 3.73. The van der Waals surface area contributed by atoms with Crippen molar-refractivity contribution in [3.8, 4) is 0 Å². The van der Waals surface area contributed by atoms with Gasteiger partial charge in [-0.1, -0.05) is 60.8 Å². The number of nitrogens with one attached hydrogen (secondary N) is 3. The second-order valence-electron chi connectivity index (χ2n) is 5.61. The molecule has 138 valence electrons. The molecule has 25 heavy (non-hydrogen) atoms. The largest absolute Gasteiger partial charge is 0.545 e. The van der Waals surface area contributed by atoms with E-state index in [4.69, 9.17) is 47.0 Å². The molecular weight excluding hydrogens is 409 g/mol. The molecule has 10 heteroatoms. The minimum absolute atomic E-state index is 0.0176. The zero-order valence-electron chi connectivity index (χ0n) is 13.4. The maximum absolute atomic E-state index is 11.9. The fourth-order valence-corrected chi connectivity index (χ4v) is 2.38. The molecule has 0 unspecified atom stereocenters. The first kappa shape index (κ1) is 21.8. The molecule has 0 aliphatic rings. The van der Waals surface area contributed by atoms with Gasteiger partial charge in [-0.2, -0.15) is 0 Å². The van der Waals surface area contributed by atoms with E-state index in [9.17, 15) is 14.7 Å². The number of hydrogen-bond acceptors (Lipinski definition) is 4. The van der Waals surface area contributed by atoms with Gasteiger partial charge in [-0.05, 0) is 35.8 Å². The van der Waals surface area contributed by atoms with E-state index in [-0.39, 0.29) is 28.9 Å². The summed E-state index contributed by atoms with van der Waals surface area (Å²) in [7, 11) is 0. The molecule has 0 aliphatic carbocycles. The predicted octanol–water partition coefficient (Wildman–Crippen LogP) is 2.20. The summed E-state index contributed by atoms with van der Waals surface area (Å²) in [5, 5.41) is 18.9. The van der Waals surface area contributed by atoms with Crippen LogP contribution < -0.4 is 21.1 Å². The van der Waals surface area contributed by atoms with Crippen LogP contribution in [0.15, 0.2) is 24.3 Å². The smallest absolute Gasteiger partial charge is 0.228 e. The van der Waals surface area contributed by atoms with Crippen molar-refractivity contribution in [2.45, 2.75) is 30.2 Å². The molecule has 0 aliphatic heterocycles. The van der Waals surface area contributed by atoms with E-state index in [2.05, 4.69) is 16.0 Å². The molecule has 1 aromatic rings. The minimum atomic E-state index is -1.86. The number of thiocarbonyl (C=S) groups is 1. The van der Waals surface area contributed by atoms with Crippen molar-refractivity contribution in [1.29, 1.82) is 0 Å². The Hall–Kier alpha value is -1.28. The van der Waals surface area contributed by atoms with Gasteiger partial charge < -0.3 is 25.9 Å². The lowest BCUT2D eigenvalue weighted by Crippen LogP contribution is -2.56. The molecule has 1 aromatic carbocycles. The number of halogens is 3. The lowest BCUT2D eigenvalue weighted by Gasteiger charge is -2.28. The number of benzene rings is 1. The average molecular weight is 426 g/mol. The highest BCUT2D eigenvalue weighted by Crippen LogP contribution is 2.29. The second kappa shape index (κ2) is 9.43. The summed E-state index contributed by atoms with van der Waals surface area (Å²) in [6, 6.07) is 5.84. The van der Waals surface area contributed by atoms with Gasteiger partial charge in [0.15, 0.2) is 5.11 Å². The Bertz CT molecular complexity index is 650. The topological polar surface area (TPSA) is 93.3 Å². The van der Waals surface area contributed by atoms with E-state index < -0.39 is 15.9 Å². The number of alkyl halides is 3. The van der Waals surface area contributed by atoms with E-state index in [0.717, 1.165) is 0 Å². The van der Waals surface area contributed by atoms with Gasteiger partial charge in [0, 0.05) is 12.1 Å². The summed E-state index contributed by atoms with van der Waals surface area (Å²) in [5.41, 5.74) is 0.381. The molecule has 1 amide bonds. The summed E-state index contributed by atoms with van der Waals surface area (Å²) in [6.07, 6.45) is -0.819. The fourth-order valence-electron chi connectivity index (χ4n) is 1.81. The maximum atomic E-state index is 11.9. The monoisotopic (exact) mass is 424 g/mol. The van der Waals surface area contributed by atoms with Crippen molar-refractivity contribution in [3.05, 3.63) is 29.8 Å². The van der Waals surface area contributed by atoms with Gasteiger partial charge >= 0.3 is 0 Å². The molecule has 0 bridgehead atoms. The molecule has 3 N–H and O–H groups in total. The molecule has 1 rings (SSSR count). The van der Waals surface area contributed by atoms with Crippen LogP contribution in [0.25, 0.3) is 0 Å². The highest BCUT2D eigenvalue weighted by Gasteiger charge is 2.34. The van der Waals surface area contributed by atoms with Gasteiger partial charge in [-0.25, -0.2) is 0 Å². The summed E-state index contributed by atoms with van der Waals surface area (Å²) in [5.74, 6) is -1.49. The fraction of sp³-hybridized carbons (Fsp3) is 0.400. The van der Waals surface area contributed by atoms with Crippen LogP contribution in [0.3, 0.4) is 0 Å². The molecular formula is C15H17Cl3N3O3S-. The van der Waals surface area contributed by atoms with Gasteiger partial charge in [0.05, 0.1) is 5.97 Å². The molecule has 0 spiro atoms. The number of aromatic carboxylic acids is 1. The van der Waals surface area contributed by atoms with Gasteiger partial charge in [0.25, 0.3) is 0 Å². The summed E-state index contributed by atoms with van der Waals surface area (Å²) < 4.78 is -1.86. The SMILES string of the molecule is CC(C)CC(=O)N[C@@H](NC(=S)Nc1cccc(C(=O)[O-])c1)C(Cl)(Cl)Cl. The van der Waals surface area contributed by atoms with Gasteiger partial charge in [-0.3, -0.25) is 4.79 Å². The minimum Gasteiger partial charge on any atom is -0.545 e. The van der Waals surface area contributed by atoms with Crippen molar-refractivity contribution in [3.63, 3.8) is 0 Å². The Morgan fingerprint density at radius 2 is 1.88 bits per heavy atom. The molecule has 0 saturated heterocycles. The Labute approximate surface area is 166 Å². The zero-order valence-corrected chi connectivity index (χ0v) is 16.5. The number of anilines is 1. The van der Waals surface area contributed by atoms with Crippen LogP contribution in [0.4, 0.5) is 5.69 Å². The summed E-state index contributed by atoms with van der Waals surface area (Å²) in [6.45, 7) is 3.77. The zero-order chi connectivity index (χ0) is 19.2. The van der Waals surface area contributed by atoms with Crippen LogP contribution in [-0.4, -0.2) is 26.9 Å². The highest BCUT2D eigenvalue weighted by molar-refractivity contribution is 7.80. The third kappa shape index (κ3) is 8.09. The average Bonchev–Trinajstić information content (AvgIpc) is 2.44. The Kier molecular flexibility index (Phi) is 8.21. The van der Waals surface area contributed by atoms with E-state index in [1.54, 1.807) is 6.07 Å². The molecule has 6 nitrogen and oxygen atoms in total. The van der Waals surface area contributed by atoms with Crippen LogP contribution in [0.2, 0.25) is 0 Å². The molecule has 0 fully saturated rings. The maximum Gasteiger partial charge on any atom is 0.228 e. The van der Waals surface area contributed by atoms with E-state index >= 15 is 0 Å². The predicted molar refractivity (Wildman–Crippen MR) is 102 cm³/mol. The first-order valence-electron chi connectivity index (χ1n) is 7.24. The van der Waals surface area contributed by atoms with Gasteiger partial charge in [0.1, 0.15) is 6.17 Å². The standard InChI is InChI=1S/C15H18Cl3N3O3S/c1-8(2)6-11(22)20-13(15(16,17)18)21-14(25)19-10-5-3-4-9(7-10)12(23)24/h3-5,7-8,13H,6H2,1-2H3,(H,20,22)(H,23,24)(H2,19,21,25)/p-1/t13-/m0/s1. The summed E-state index contributed by atoms with van der Waals surface area (Å²) in [4.78, 5) is 22.8. The van der Waals surface area contributed by atoms with Crippen molar-refractivity contribution >= 4 is 69.7 Å². The van der Waals surface area contributed by atoms with Gasteiger partial charge in [-0.15, -0.1) is 0 Å². The quantitative estimate of drug-likeness (QED) is 0.367. The van der Waals surface area contributed by atoms with Gasteiger partial charge in [0.2, 0.25) is 9.70 Å². The number of amides is 1. The Balaban J connectivity index is 2.77. The van der Waals surface area contributed by atoms with Crippen LogP contribution in [0, 0.1) is 5.92 Å². The molecule has 1 atom stereocenters. The van der Waals surface area contributed by atoms with Crippen LogP contribution in [0.1, 0.15) is 30.6 Å². The van der Waals surface area contributed by atoms with E-state index in [1.807, 2.05) is 13.8 Å². The molecule has 0 heterocycles. The summed E-state index contributed by atoms with van der Waals surface area (Å²) >= 11 is 22.7. The number of carbonyl (C=O) groups excluding carboxylic acids is 2. The lowest BCUT2D eigenvalue weighted by molar-refractivity contribution is -0.255. The lowest BCUT2D eigenvalue weighted by atomic mass is 10.1. The number of carbonyl (C=O) groups is 2. The number of rotatable bonds is 6. The first-order valence-corrected chi connectivity index (χ1v) is 8.78. The Morgan fingerprint density at radius 3 is 2.40 bits per heavy atom. The molecule has 0 radical (unpaired) electrons. The van der Waals surface area contributed by atoms with Crippen LogP contribution in [-0.2, 0) is 4.79 Å². The van der Waals surface area contributed by atoms with E-state index in [1.165, 1.54) is 18.2 Å². The molecule has 0 saturated carbocycles. The normalized spacial score (nSPS) is 12.4. The molecule has 0 aromatic heterocycles. The van der Waals surface area contributed by atoms with Crippen LogP contribution in [0.5, 0.6) is 0 Å². The van der Waals surface area contributed by atoms with Crippen molar-refractivity contribution in [2.75, 3.05) is 5.32 Å². The van der Waals surface area contributed by atoms with Crippen molar-refractivity contribution < 1.29 is 14.7 Å². The number of carboxylic acids is 1. The van der Waals surface area contributed by atoms with Crippen molar-refractivity contribution in [1.82, 2.24) is 10.6 Å². The van der Waals surface area contributed by atoms with E-state index in [0.29, 0.717) is 5.69 Å². The third-order valence-electron chi connectivity index (χ3n) is 2.86. The first-order chi connectivity index (χ1) is 11.5. The number of carboxylic acid groups (broad SMARTS) is 1. The highest BCUT2D eigenvalue weighted by atomic mass is 35.6.